The molecule has 0 spiro atoms. The minimum absolute atomic E-state index is 0.229. The Bertz CT molecular complexity index is 266. The summed E-state index contributed by atoms with van der Waals surface area (Å²) in [6.45, 7) is 6.17. The fourth-order valence-corrected chi connectivity index (χ4v) is 1.42. The van der Waals surface area contributed by atoms with Crippen LogP contribution in [0.4, 0.5) is 13.2 Å². The summed E-state index contributed by atoms with van der Waals surface area (Å²) in [7, 11) is -1.35. The van der Waals surface area contributed by atoms with E-state index in [0.29, 0.717) is 0 Å². The van der Waals surface area contributed by atoms with Crippen LogP contribution in [0.5, 0.6) is 0 Å². The molecule has 0 rings (SSSR count). The van der Waals surface area contributed by atoms with Gasteiger partial charge in [0.1, 0.15) is 0 Å². The van der Waals surface area contributed by atoms with Crippen molar-refractivity contribution in [2.75, 3.05) is 0 Å². The molecular weight excluding hydrogens is 363 g/mol. The Morgan fingerprint density at radius 1 is 1.22 bits per heavy atom. The average molecular weight is 382 g/mol. The molecule has 2 N–H and O–H groups in total. The topological polar surface area (TPSA) is 49.7 Å². The number of alkyl halides is 4. The summed E-state index contributed by atoms with van der Waals surface area (Å²) in [4.78, 5) is 0. The molecule has 0 fully saturated rings. The van der Waals surface area contributed by atoms with Gasteiger partial charge < -0.3 is 14.8 Å². The first kappa shape index (κ1) is 18.5. The Morgan fingerprint density at radius 2 is 1.67 bits per heavy atom. The van der Waals surface area contributed by atoms with Gasteiger partial charge in [0.2, 0.25) is 0 Å². The lowest BCUT2D eigenvalue weighted by Crippen LogP contribution is -2.52. The average Bonchev–Trinajstić information content (AvgIpc) is 2.10. The molecule has 0 aromatic carbocycles. The second kappa shape index (κ2) is 6.28. The van der Waals surface area contributed by atoms with E-state index in [1.54, 1.807) is 36.4 Å². The maximum Gasteiger partial charge on any atom is 0.468 e. The number of hydrogen-bond donors (Lipinski definition) is 2. The SMILES string of the molecule is CC(C)(O)C(C)(C)OB(O)C(I)CCC(F)(F)F. The fraction of sp³-hybridized carbons (Fsp3) is 1.00. The molecule has 0 aliphatic heterocycles. The van der Waals surface area contributed by atoms with Gasteiger partial charge in [-0.25, -0.2) is 0 Å². The third-order valence-electron chi connectivity index (χ3n) is 2.90. The van der Waals surface area contributed by atoms with Crippen molar-refractivity contribution in [2.24, 2.45) is 0 Å². The van der Waals surface area contributed by atoms with Gasteiger partial charge in [0, 0.05) is 10.2 Å². The molecule has 1 atom stereocenters. The molecular formula is C10H19BF3IO3. The molecule has 0 amide bonds. The number of rotatable bonds is 6. The highest BCUT2D eigenvalue weighted by atomic mass is 127. The molecule has 1 unspecified atom stereocenters. The highest BCUT2D eigenvalue weighted by Gasteiger charge is 2.41. The molecule has 18 heavy (non-hydrogen) atoms. The summed E-state index contributed by atoms with van der Waals surface area (Å²) in [6.07, 6.45) is -5.44. The Kier molecular flexibility index (Phi) is 6.44. The van der Waals surface area contributed by atoms with Crippen LogP contribution < -0.4 is 0 Å². The van der Waals surface area contributed by atoms with Gasteiger partial charge in [-0.05, 0) is 34.1 Å². The Hall–Kier alpha value is 0.465. The van der Waals surface area contributed by atoms with Crippen LogP contribution in [-0.4, -0.2) is 38.5 Å². The quantitative estimate of drug-likeness (QED) is 0.422. The van der Waals surface area contributed by atoms with Crippen LogP contribution in [-0.2, 0) is 4.65 Å². The van der Waals surface area contributed by atoms with E-state index in [-0.39, 0.29) is 6.42 Å². The Balaban J connectivity index is 4.37. The van der Waals surface area contributed by atoms with Crippen LogP contribution in [0.1, 0.15) is 40.5 Å². The van der Waals surface area contributed by atoms with Gasteiger partial charge in [0.05, 0.1) is 11.2 Å². The van der Waals surface area contributed by atoms with E-state index in [0.717, 1.165) is 0 Å². The summed E-state index contributed by atoms with van der Waals surface area (Å²) in [5, 5.41) is 19.5. The van der Waals surface area contributed by atoms with Crippen LogP contribution in [0, 0.1) is 0 Å². The van der Waals surface area contributed by atoms with Crippen LogP contribution in [0.2, 0.25) is 0 Å². The van der Waals surface area contributed by atoms with Gasteiger partial charge >= 0.3 is 13.3 Å². The Labute approximate surface area is 119 Å². The van der Waals surface area contributed by atoms with Gasteiger partial charge in [-0.15, -0.1) is 0 Å². The van der Waals surface area contributed by atoms with Gasteiger partial charge in [-0.3, -0.25) is 0 Å². The predicted molar refractivity (Wildman–Crippen MR) is 72.5 cm³/mol. The van der Waals surface area contributed by atoms with Crippen molar-refractivity contribution >= 4 is 29.7 Å². The van der Waals surface area contributed by atoms with E-state index in [4.69, 9.17) is 4.65 Å². The van der Waals surface area contributed by atoms with Gasteiger partial charge in [0.15, 0.2) is 0 Å². The highest BCUT2D eigenvalue weighted by Crippen LogP contribution is 2.29. The zero-order valence-corrected chi connectivity index (χ0v) is 13.0. The van der Waals surface area contributed by atoms with E-state index in [2.05, 4.69) is 0 Å². The Morgan fingerprint density at radius 3 is 2.00 bits per heavy atom. The van der Waals surface area contributed by atoms with Crippen LogP contribution in [0.15, 0.2) is 0 Å². The van der Waals surface area contributed by atoms with E-state index in [9.17, 15) is 23.3 Å². The molecule has 0 aromatic rings. The van der Waals surface area contributed by atoms with Crippen molar-refractivity contribution in [3.8, 4) is 0 Å². The summed E-state index contributed by atoms with van der Waals surface area (Å²) in [5.41, 5.74) is -2.28. The number of hydrogen-bond acceptors (Lipinski definition) is 3. The van der Waals surface area contributed by atoms with Crippen LogP contribution >= 0.6 is 22.6 Å². The normalized spacial score (nSPS) is 15.7. The third kappa shape index (κ3) is 6.58. The lowest BCUT2D eigenvalue weighted by Gasteiger charge is -2.39. The number of halogens is 4. The van der Waals surface area contributed by atoms with Gasteiger partial charge in [-0.2, -0.15) is 13.2 Å². The molecule has 0 aliphatic rings. The van der Waals surface area contributed by atoms with Crippen molar-refractivity contribution in [3.63, 3.8) is 0 Å². The zero-order chi connectivity index (χ0) is 14.8. The van der Waals surface area contributed by atoms with Crippen LogP contribution in [0.25, 0.3) is 0 Å². The molecule has 0 saturated heterocycles. The standard InChI is InChI=1S/C10H19BF3IO3/c1-8(2,16)9(3,4)18-11(17)7(15)5-6-10(12,13)14/h7,16-17H,5-6H2,1-4H3. The maximum atomic E-state index is 12.0. The minimum Gasteiger partial charge on any atom is -0.426 e. The van der Waals surface area contributed by atoms with E-state index < -0.39 is 34.7 Å². The van der Waals surface area contributed by atoms with Crippen LogP contribution in [0.3, 0.4) is 0 Å². The van der Waals surface area contributed by atoms with Crippen molar-refractivity contribution in [3.05, 3.63) is 0 Å². The maximum absolute atomic E-state index is 12.0. The van der Waals surface area contributed by atoms with E-state index in [1.807, 2.05) is 0 Å². The minimum atomic E-state index is -4.24. The lowest BCUT2D eigenvalue weighted by molar-refractivity contribution is -0.135. The molecule has 0 heterocycles. The summed E-state index contributed by atoms with van der Waals surface area (Å²) in [5.74, 6) is 0. The van der Waals surface area contributed by atoms with E-state index in [1.165, 1.54) is 13.8 Å². The first-order valence-electron chi connectivity index (χ1n) is 5.55. The first-order valence-corrected chi connectivity index (χ1v) is 6.80. The van der Waals surface area contributed by atoms with E-state index >= 15 is 0 Å². The van der Waals surface area contributed by atoms with Crippen molar-refractivity contribution in [1.29, 1.82) is 0 Å². The molecule has 0 bridgehead atoms. The second-order valence-corrected chi connectivity index (χ2v) is 6.85. The third-order valence-corrected chi connectivity index (χ3v) is 4.14. The highest BCUT2D eigenvalue weighted by molar-refractivity contribution is 14.1. The fourth-order valence-electron chi connectivity index (χ4n) is 0.964. The molecule has 3 nitrogen and oxygen atoms in total. The second-order valence-electron chi connectivity index (χ2n) is 5.25. The number of aliphatic hydroxyl groups is 1. The first-order chi connectivity index (χ1) is 7.76. The summed E-state index contributed by atoms with van der Waals surface area (Å²) >= 11 is 1.72. The molecule has 0 radical (unpaired) electrons. The van der Waals surface area contributed by atoms with Crippen molar-refractivity contribution in [2.45, 2.75) is 61.7 Å². The molecule has 108 valence electrons. The molecule has 0 saturated carbocycles. The summed E-state index contributed by atoms with van der Waals surface area (Å²) in [6, 6.07) is 0. The van der Waals surface area contributed by atoms with Crippen molar-refractivity contribution < 1.29 is 28.0 Å². The zero-order valence-electron chi connectivity index (χ0n) is 10.9. The largest absolute Gasteiger partial charge is 0.468 e. The smallest absolute Gasteiger partial charge is 0.426 e. The summed E-state index contributed by atoms with van der Waals surface area (Å²) < 4.78 is 40.7. The monoisotopic (exact) mass is 382 g/mol. The predicted octanol–water partition coefficient (Wildman–Crippen LogP) is 2.72. The van der Waals surface area contributed by atoms with Gasteiger partial charge in [0.25, 0.3) is 0 Å². The van der Waals surface area contributed by atoms with Gasteiger partial charge in [-0.1, -0.05) is 22.6 Å². The lowest BCUT2D eigenvalue weighted by atomic mass is 9.79. The molecule has 0 aliphatic carbocycles. The molecule has 8 heteroatoms. The molecule has 0 aromatic heterocycles. The van der Waals surface area contributed by atoms with Crippen molar-refractivity contribution in [1.82, 2.24) is 0 Å².